The number of aliphatic hydroxyl groups excluding tert-OH is 3. The van der Waals surface area contributed by atoms with Gasteiger partial charge in [0.05, 0.1) is 13.2 Å². The molecule has 0 saturated heterocycles. The van der Waals surface area contributed by atoms with Gasteiger partial charge in [0.2, 0.25) is 0 Å². The molecule has 3 N–H and O–H groups in total. The van der Waals surface area contributed by atoms with Crippen LogP contribution in [0.15, 0.2) is 0 Å². The van der Waals surface area contributed by atoms with E-state index < -0.39 is 6.10 Å². The van der Waals surface area contributed by atoms with Gasteiger partial charge in [-0.15, -0.1) is 0 Å². The van der Waals surface area contributed by atoms with Gasteiger partial charge < -0.3 is 20.1 Å². The van der Waals surface area contributed by atoms with E-state index in [4.69, 9.17) is 15.3 Å². The molecule has 5 heteroatoms. The number of aliphatic hydroxyl groups is 3. The Labute approximate surface area is 128 Å². The van der Waals surface area contributed by atoms with Gasteiger partial charge in [-0.25, -0.2) is 0 Å². The fraction of sp³-hybridized carbons (Fsp3) is 0.875. The average Bonchev–Trinajstić information content (AvgIpc) is 2.37. The van der Waals surface area contributed by atoms with Crippen molar-refractivity contribution in [3.8, 4) is 0 Å². The number of carbonyl (C=O) groups is 2. The molecule has 1 fully saturated rings. The molecule has 1 rings (SSSR count). The van der Waals surface area contributed by atoms with Gasteiger partial charge in [0.15, 0.2) is 0 Å². The molecule has 0 spiro atoms. The Bertz CT molecular complexity index is 280. The zero-order valence-electron chi connectivity index (χ0n) is 14.0. The molecule has 0 heterocycles. The molecule has 126 valence electrons. The fourth-order valence-electron chi connectivity index (χ4n) is 1.98. The van der Waals surface area contributed by atoms with Crippen LogP contribution < -0.4 is 0 Å². The Balaban J connectivity index is 0. The van der Waals surface area contributed by atoms with Gasteiger partial charge in [-0.2, -0.15) is 0 Å². The first-order chi connectivity index (χ1) is 9.65. The minimum Gasteiger partial charge on any atom is -0.394 e. The van der Waals surface area contributed by atoms with Crippen molar-refractivity contribution in [2.45, 2.75) is 60.0 Å². The maximum atomic E-state index is 11.4. The zero-order valence-corrected chi connectivity index (χ0v) is 14.0. The molecule has 2 atom stereocenters. The minimum absolute atomic E-state index is 0.167. The Morgan fingerprint density at radius 1 is 1.19 bits per heavy atom. The number of hydrogen-bond acceptors (Lipinski definition) is 5. The molecular weight excluding hydrogens is 272 g/mol. The number of Topliss-reactive ketones (excluding diaryl/α,β-unsaturated/α-hetero) is 2. The van der Waals surface area contributed by atoms with Crippen LogP contribution in [-0.2, 0) is 9.59 Å². The topological polar surface area (TPSA) is 94.8 Å². The summed E-state index contributed by atoms with van der Waals surface area (Å²) in [5, 5.41) is 24.0. The molecule has 0 aromatic carbocycles. The summed E-state index contributed by atoms with van der Waals surface area (Å²) in [5.41, 5.74) is 0. The van der Waals surface area contributed by atoms with E-state index in [0.29, 0.717) is 23.5 Å². The predicted molar refractivity (Wildman–Crippen MR) is 82.9 cm³/mol. The van der Waals surface area contributed by atoms with Crippen LogP contribution in [0.1, 0.15) is 53.9 Å². The molecule has 0 bridgehead atoms. The lowest BCUT2D eigenvalue weighted by Crippen LogP contribution is -2.27. The van der Waals surface area contributed by atoms with E-state index in [-0.39, 0.29) is 19.0 Å². The van der Waals surface area contributed by atoms with Crippen LogP contribution in [-0.4, -0.2) is 46.2 Å². The second kappa shape index (κ2) is 12.9. The van der Waals surface area contributed by atoms with Crippen LogP contribution in [0.4, 0.5) is 0 Å². The van der Waals surface area contributed by atoms with Crippen molar-refractivity contribution in [3.05, 3.63) is 0 Å². The lowest BCUT2D eigenvalue weighted by Gasteiger charge is -2.27. The second-order valence-electron chi connectivity index (χ2n) is 6.13. The Morgan fingerprint density at radius 2 is 1.62 bits per heavy atom. The highest BCUT2D eigenvalue weighted by atomic mass is 16.3. The largest absolute Gasteiger partial charge is 0.394 e. The van der Waals surface area contributed by atoms with E-state index in [0.717, 1.165) is 12.8 Å². The van der Waals surface area contributed by atoms with Gasteiger partial charge in [0.1, 0.15) is 17.7 Å². The standard InChI is InChI=1S/C10H18O.C3H8O3.C3H6O/c1-7(2)9-5-4-8(3)6-10(9)11;4-1-3(6)2-5;1-3(2)4/h7-9H,4-6H2,1-3H3;3-6H,1-2H2;1-2H3. The van der Waals surface area contributed by atoms with Crippen molar-refractivity contribution in [3.63, 3.8) is 0 Å². The quantitative estimate of drug-likeness (QED) is 0.736. The first kappa shape index (κ1) is 22.5. The zero-order chi connectivity index (χ0) is 17.0. The monoisotopic (exact) mass is 304 g/mol. The summed E-state index contributed by atoms with van der Waals surface area (Å²) in [5.74, 6) is 2.22. The van der Waals surface area contributed by atoms with Crippen LogP contribution in [0.5, 0.6) is 0 Å². The van der Waals surface area contributed by atoms with Gasteiger partial charge >= 0.3 is 0 Å². The van der Waals surface area contributed by atoms with E-state index >= 15 is 0 Å². The molecular formula is C16H32O5. The highest BCUT2D eigenvalue weighted by Crippen LogP contribution is 2.29. The predicted octanol–water partition coefficient (Wildman–Crippen LogP) is 1.57. The lowest BCUT2D eigenvalue weighted by molar-refractivity contribution is -0.127. The maximum Gasteiger partial charge on any atom is 0.136 e. The minimum atomic E-state index is -0.954. The molecule has 0 amide bonds. The van der Waals surface area contributed by atoms with Crippen LogP contribution in [0.2, 0.25) is 0 Å². The van der Waals surface area contributed by atoms with Gasteiger partial charge in [0.25, 0.3) is 0 Å². The van der Waals surface area contributed by atoms with Crippen molar-refractivity contribution in [1.29, 1.82) is 0 Å². The van der Waals surface area contributed by atoms with Gasteiger partial charge in [-0.3, -0.25) is 4.79 Å². The third-order valence-electron chi connectivity index (χ3n) is 3.16. The molecule has 21 heavy (non-hydrogen) atoms. The van der Waals surface area contributed by atoms with E-state index in [2.05, 4.69) is 20.8 Å². The molecule has 0 aliphatic heterocycles. The van der Waals surface area contributed by atoms with Crippen molar-refractivity contribution in [2.24, 2.45) is 17.8 Å². The Hall–Kier alpha value is -0.780. The van der Waals surface area contributed by atoms with Crippen LogP contribution in [0.3, 0.4) is 0 Å². The van der Waals surface area contributed by atoms with E-state index in [1.807, 2.05) is 0 Å². The smallest absolute Gasteiger partial charge is 0.136 e. The summed E-state index contributed by atoms with van der Waals surface area (Å²) in [6.45, 7) is 8.80. The van der Waals surface area contributed by atoms with Crippen molar-refractivity contribution in [2.75, 3.05) is 13.2 Å². The van der Waals surface area contributed by atoms with Crippen molar-refractivity contribution >= 4 is 11.6 Å². The van der Waals surface area contributed by atoms with Crippen LogP contribution in [0.25, 0.3) is 0 Å². The normalized spacial score (nSPS) is 21.3. The number of ketones is 2. The Kier molecular flexibility index (Phi) is 13.8. The first-order valence-electron chi connectivity index (χ1n) is 7.55. The highest BCUT2D eigenvalue weighted by molar-refractivity contribution is 5.82. The van der Waals surface area contributed by atoms with Crippen molar-refractivity contribution in [1.82, 2.24) is 0 Å². The maximum absolute atomic E-state index is 11.4. The number of rotatable bonds is 3. The lowest BCUT2D eigenvalue weighted by atomic mass is 9.77. The molecule has 0 aromatic heterocycles. The summed E-state index contributed by atoms with van der Waals surface area (Å²) >= 11 is 0. The molecule has 0 aromatic rings. The number of hydrogen-bond donors (Lipinski definition) is 3. The Morgan fingerprint density at radius 3 is 1.86 bits per heavy atom. The third-order valence-corrected chi connectivity index (χ3v) is 3.16. The molecule has 2 unspecified atom stereocenters. The molecule has 1 aliphatic rings. The van der Waals surface area contributed by atoms with Crippen LogP contribution >= 0.6 is 0 Å². The average molecular weight is 304 g/mol. The molecule has 5 nitrogen and oxygen atoms in total. The summed E-state index contributed by atoms with van der Waals surface area (Å²) in [6, 6.07) is 0. The van der Waals surface area contributed by atoms with E-state index in [1.54, 1.807) is 0 Å². The summed E-state index contributed by atoms with van der Waals surface area (Å²) in [4.78, 5) is 20.9. The highest BCUT2D eigenvalue weighted by Gasteiger charge is 2.27. The second-order valence-corrected chi connectivity index (χ2v) is 6.13. The van der Waals surface area contributed by atoms with Gasteiger partial charge in [-0.1, -0.05) is 20.8 Å². The molecule has 1 aliphatic carbocycles. The fourth-order valence-corrected chi connectivity index (χ4v) is 1.98. The summed E-state index contributed by atoms with van der Waals surface area (Å²) in [6.07, 6.45) is 2.24. The van der Waals surface area contributed by atoms with Crippen LogP contribution in [0, 0.1) is 17.8 Å². The molecule has 0 radical (unpaired) electrons. The van der Waals surface area contributed by atoms with Gasteiger partial charge in [0, 0.05) is 12.3 Å². The van der Waals surface area contributed by atoms with E-state index in [9.17, 15) is 9.59 Å². The SMILES string of the molecule is CC(C)=O.CC1CCC(C(C)C)C(=O)C1.OCC(O)CO. The number of carbonyl (C=O) groups excluding carboxylic acids is 2. The van der Waals surface area contributed by atoms with Gasteiger partial charge in [-0.05, 0) is 38.5 Å². The third kappa shape index (κ3) is 13.9. The molecule has 1 saturated carbocycles. The van der Waals surface area contributed by atoms with E-state index in [1.165, 1.54) is 20.3 Å². The van der Waals surface area contributed by atoms with Crippen molar-refractivity contribution < 1.29 is 24.9 Å². The summed E-state index contributed by atoms with van der Waals surface area (Å²) < 4.78 is 0. The first-order valence-corrected chi connectivity index (χ1v) is 7.55. The summed E-state index contributed by atoms with van der Waals surface area (Å²) in [7, 11) is 0.